The number of aromatic carboxylic acids is 1. The Morgan fingerprint density at radius 2 is 2.06 bits per heavy atom. The SMILES string of the molecule is CCc1nc(N2CCC(C)(C)CC2)sc1C(=O)O. The van der Waals surface area contributed by atoms with Crippen molar-refractivity contribution >= 4 is 22.4 Å². The van der Waals surface area contributed by atoms with Crippen LogP contribution in [0.5, 0.6) is 0 Å². The highest BCUT2D eigenvalue weighted by atomic mass is 32.1. The Kier molecular flexibility index (Phi) is 3.61. The molecule has 0 radical (unpaired) electrons. The van der Waals surface area contributed by atoms with E-state index in [1.54, 1.807) is 0 Å². The van der Waals surface area contributed by atoms with Crippen molar-refractivity contribution in [3.05, 3.63) is 10.6 Å². The number of nitrogens with zero attached hydrogens (tertiary/aromatic N) is 2. The van der Waals surface area contributed by atoms with Crippen molar-refractivity contribution in [2.75, 3.05) is 18.0 Å². The molecular formula is C13H20N2O2S. The standard InChI is InChI=1S/C13H20N2O2S/c1-4-9-10(11(16)17)18-12(14-9)15-7-5-13(2,3)6-8-15/h4-8H2,1-3H3,(H,16,17). The first-order chi connectivity index (χ1) is 8.43. The Morgan fingerprint density at radius 3 is 2.50 bits per heavy atom. The van der Waals surface area contributed by atoms with Gasteiger partial charge in [0.2, 0.25) is 0 Å². The number of carboxylic acids is 1. The van der Waals surface area contributed by atoms with Gasteiger partial charge in [0.1, 0.15) is 4.88 Å². The van der Waals surface area contributed by atoms with Gasteiger partial charge in [-0.3, -0.25) is 0 Å². The molecule has 0 bridgehead atoms. The van der Waals surface area contributed by atoms with Gasteiger partial charge >= 0.3 is 5.97 Å². The van der Waals surface area contributed by atoms with Crippen LogP contribution < -0.4 is 4.90 Å². The number of thiazole rings is 1. The molecule has 1 aliphatic heterocycles. The third-order valence-electron chi connectivity index (χ3n) is 3.60. The van der Waals surface area contributed by atoms with Crippen LogP contribution in [0, 0.1) is 5.41 Å². The maximum atomic E-state index is 11.1. The summed E-state index contributed by atoms with van der Waals surface area (Å²) in [4.78, 5) is 18.2. The maximum absolute atomic E-state index is 11.1. The molecule has 0 aromatic carbocycles. The van der Waals surface area contributed by atoms with Crippen molar-refractivity contribution in [3.63, 3.8) is 0 Å². The van der Waals surface area contributed by atoms with Crippen LogP contribution in [-0.4, -0.2) is 29.1 Å². The number of hydrogen-bond donors (Lipinski definition) is 1. The fourth-order valence-electron chi connectivity index (χ4n) is 2.18. The van der Waals surface area contributed by atoms with E-state index in [0.29, 0.717) is 22.4 Å². The molecule has 0 spiro atoms. The highest BCUT2D eigenvalue weighted by molar-refractivity contribution is 7.17. The lowest BCUT2D eigenvalue weighted by Crippen LogP contribution is -2.37. The summed E-state index contributed by atoms with van der Waals surface area (Å²) >= 11 is 1.31. The molecule has 4 nitrogen and oxygen atoms in total. The molecule has 1 fully saturated rings. The van der Waals surface area contributed by atoms with Crippen molar-refractivity contribution < 1.29 is 9.90 Å². The lowest BCUT2D eigenvalue weighted by molar-refractivity contribution is 0.0701. The second kappa shape index (κ2) is 4.88. The minimum absolute atomic E-state index is 0.400. The van der Waals surface area contributed by atoms with Gasteiger partial charge in [0.05, 0.1) is 5.69 Å². The van der Waals surface area contributed by atoms with Gasteiger partial charge in [0, 0.05) is 13.1 Å². The first-order valence-electron chi connectivity index (χ1n) is 6.41. The zero-order chi connectivity index (χ0) is 13.3. The van der Waals surface area contributed by atoms with Crippen molar-refractivity contribution in [3.8, 4) is 0 Å². The van der Waals surface area contributed by atoms with Crippen LogP contribution in [0.1, 0.15) is 49.0 Å². The molecule has 5 heteroatoms. The summed E-state index contributed by atoms with van der Waals surface area (Å²) < 4.78 is 0. The quantitative estimate of drug-likeness (QED) is 0.915. The van der Waals surface area contributed by atoms with Gasteiger partial charge in [-0.1, -0.05) is 32.1 Å². The molecule has 18 heavy (non-hydrogen) atoms. The number of rotatable bonds is 3. The van der Waals surface area contributed by atoms with Crippen LogP contribution in [0.25, 0.3) is 0 Å². The molecule has 0 amide bonds. The highest BCUT2D eigenvalue weighted by Gasteiger charge is 2.28. The van der Waals surface area contributed by atoms with Crippen LogP contribution in [-0.2, 0) is 6.42 Å². The molecule has 0 atom stereocenters. The van der Waals surface area contributed by atoms with Gasteiger partial charge < -0.3 is 10.0 Å². The second-order valence-corrected chi connectivity index (χ2v) is 6.56. The fraction of sp³-hybridized carbons (Fsp3) is 0.692. The lowest BCUT2D eigenvalue weighted by atomic mass is 9.83. The molecule has 0 aliphatic carbocycles. The van der Waals surface area contributed by atoms with E-state index in [0.717, 1.165) is 31.1 Å². The van der Waals surface area contributed by atoms with Crippen LogP contribution in [0.3, 0.4) is 0 Å². The zero-order valence-electron chi connectivity index (χ0n) is 11.2. The smallest absolute Gasteiger partial charge is 0.347 e. The van der Waals surface area contributed by atoms with E-state index in [1.165, 1.54) is 11.3 Å². The van der Waals surface area contributed by atoms with E-state index < -0.39 is 5.97 Å². The molecule has 2 rings (SSSR count). The summed E-state index contributed by atoms with van der Waals surface area (Å²) in [5.74, 6) is -0.854. The number of piperidine rings is 1. The van der Waals surface area contributed by atoms with E-state index in [-0.39, 0.29) is 0 Å². The third-order valence-corrected chi connectivity index (χ3v) is 4.75. The maximum Gasteiger partial charge on any atom is 0.347 e. The summed E-state index contributed by atoms with van der Waals surface area (Å²) in [7, 11) is 0. The summed E-state index contributed by atoms with van der Waals surface area (Å²) in [5.41, 5.74) is 1.11. The van der Waals surface area contributed by atoms with Gasteiger partial charge in [0.25, 0.3) is 0 Å². The highest BCUT2D eigenvalue weighted by Crippen LogP contribution is 2.34. The van der Waals surface area contributed by atoms with E-state index >= 15 is 0 Å². The Morgan fingerprint density at radius 1 is 1.44 bits per heavy atom. The van der Waals surface area contributed by atoms with Gasteiger partial charge in [-0.05, 0) is 24.7 Å². The Labute approximate surface area is 112 Å². The second-order valence-electron chi connectivity index (χ2n) is 5.58. The molecule has 1 aromatic heterocycles. The van der Waals surface area contributed by atoms with E-state index in [9.17, 15) is 4.79 Å². The number of anilines is 1. The van der Waals surface area contributed by atoms with Crippen molar-refractivity contribution in [2.45, 2.75) is 40.0 Å². The molecular weight excluding hydrogens is 248 g/mol. The Bertz CT molecular complexity index is 444. The number of aromatic nitrogens is 1. The summed E-state index contributed by atoms with van der Waals surface area (Å²) in [6.45, 7) is 8.47. The minimum Gasteiger partial charge on any atom is -0.477 e. The normalized spacial score (nSPS) is 18.9. The number of aryl methyl sites for hydroxylation is 1. The molecule has 1 N–H and O–H groups in total. The topological polar surface area (TPSA) is 53.4 Å². The molecule has 1 saturated heterocycles. The molecule has 100 valence electrons. The van der Waals surface area contributed by atoms with E-state index in [1.807, 2.05) is 6.92 Å². The molecule has 1 aromatic rings. The van der Waals surface area contributed by atoms with Crippen molar-refractivity contribution in [1.82, 2.24) is 4.98 Å². The Hall–Kier alpha value is -1.10. The average Bonchev–Trinajstić information content (AvgIpc) is 2.73. The third kappa shape index (κ3) is 2.66. The lowest BCUT2D eigenvalue weighted by Gasteiger charge is -2.36. The predicted octanol–water partition coefficient (Wildman–Crippen LogP) is 3.03. The summed E-state index contributed by atoms with van der Waals surface area (Å²) in [6, 6.07) is 0. The first-order valence-corrected chi connectivity index (χ1v) is 7.22. The molecule has 1 aliphatic rings. The van der Waals surface area contributed by atoms with Crippen molar-refractivity contribution in [1.29, 1.82) is 0 Å². The predicted molar refractivity (Wildman–Crippen MR) is 73.7 cm³/mol. The summed E-state index contributed by atoms with van der Waals surface area (Å²) in [5, 5.41) is 10.0. The number of carbonyl (C=O) groups is 1. The van der Waals surface area contributed by atoms with Crippen LogP contribution in [0.15, 0.2) is 0 Å². The van der Waals surface area contributed by atoms with Crippen LogP contribution in [0.2, 0.25) is 0 Å². The first kappa shape index (κ1) is 13.3. The summed E-state index contributed by atoms with van der Waals surface area (Å²) in [6.07, 6.45) is 2.95. The average molecular weight is 268 g/mol. The van der Waals surface area contributed by atoms with Crippen LogP contribution in [0.4, 0.5) is 5.13 Å². The molecule has 2 heterocycles. The van der Waals surface area contributed by atoms with Gasteiger partial charge in [0.15, 0.2) is 5.13 Å². The zero-order valence-corrected chi connectivity index (χ0v) is 12.0. The molecule has 0 saturated carbocycles. The van der Waals surface area contributed by atoms with Crippen LogP contribution >= 0.6 is 11.3 Å². The number of carboxylic acid groups (broad SMARTS) is 1. The van der Waals surface area contributed by atoms with E-state index in [4.69, 9.17) is 5.11 Å². The van der Waals surface area contributed by atoms with Crippen molar-refractivity contribution in [2.24, 2.45) is 5.41 Å². The molecule has 0 unspecified atom stereocenters. The largest absolute Gasteiger partial charge is 0.477 e. The Balaban J connectivity index is 2.17. The van der Waals surface area contributed by atoms with Gasteiger partial charge in [-0.2, -0.15) is 0 Å². The van der Waals surface area contributed by atoms with Gasteiger partial charge in [-0.15, -0.1) is 0 Å². The van der Waals surface area contributed by atoms with E-state index in [2.05, 4.69) is 23.7 Å². The number of hydrogen-bond acceptors (Lipinski definition) is 4. The minimum atomic E-state index is -0.854. The fourth-order valence-corrected chi connectivity index (χ4v) is 3.23. The van der Waals surface area contributed by atoms with Gasteiger partial charge in [-0.25, -0.2) is 9.78 Å². The monoisotopic (exact) mass is 268 g/mol.